The molecule has 8 heteroatoms. The molecule has 4 rings (SSSR count). The van der Waals surface area contributed by atoms with E-state index >= 15 is 0 Å². The summed E-state index contributed by atoms with van der Waals surface area (Å²) in [5.41, 5.74) is 7.51. The van der Waals surface area contributed by atoms with Crippen molar-refractivity contribution in [2.75, 3.05) is 18.9 Å². The molecule has 0 unspecified atom stereocenters. The van der Waals surface area contributed by atoms with Gasteiger partial charge < -0.3 is 30.0 Å². The van der Waals surface area contributed by atoms with Gasteiger partial charge in [0.25, 0.3) is 0 Å². The van der Waals surface area contributed by atoms with Crippen LogP contribution in [0.15, 0.2) is 54.6 Å². The Bertz CT molecular complexity index is 874. The summed E-state index contributed by atoms with van der Waals surface area (Å²) in [5, 5.41) is 2.71. The first kappa shape index (κ1) is 19.2. The number of anilines is 1. The molecule has 2 heterocycles. The zero-order valence-electron chi connectivity index (χ0n) is 15.7. The number of hydrogen-bond donors (Lipinski definition) is 2. The summed E-state index contributed by atoms with van der Waals surface area (Å²) in [4.78, 5) is 24.4. The van der Waals surface area contributed by atoms with Crippen molar-refractivity contribution in [1.82, 2.24) is 5.32 Å². The van der Waals surface area contributed by atoms with Crippen LogP contribution in [0.25, 0.3) is 0 Å². The van der Waals surface area contributed by atoms with Gasteiger partial charge in [0.15, 0.2) is 12.2 Å². The topological polar surface area (TPSA) is 109 Å². The van der Waals surface area contributed by atoms with Crippen LogP contribution in [0.5, 0.6) is 0 Å². The summed E-state index contributed by atoms with van der Waals surface area (Å²) in [7, 11) is 0. The molecule has 0 aliphatic carbocycles. The monoisotopic (exact) mass is 398 g/mol. The maximum Gasteiger partial charge on any atom is 0.407 e. The Hall–Kier alpha value is -3.10. The van der Waals surface area contributed by atoms with Crippen molar-refractivity contribution < 1.29 is 28.5 Å². The lowest BCUT2D eigenvalue weighted by atomic mass is 10.1. The Morgan fingerprint density at radius 1 is 0.966 bits per heavy atom. The Labute approximate surface area is 167 Å². The van der Waals surface area contributed by atoms with Gasteiger partial charge in [-0.3, -0.25) is 0 Å². The van der Waals surface area contributed by atoms with Gasteiger partial charge in [-0.1, -0.05) is 36.4 Å². The third-order valence-corrected chi connectivity index (χ3v) is 4.88. The quantitative estimate of drug-likeness (QED) is 0.585. The van der Waals surface area contributed by atoms with Crippen LogP contribution in [0.1, 0.15) is 15.9 Å². The number of nitrogens with two attached hydrogens (primary N) is 1. The molecule has 2 saturated heterocycles. The number of benzene rings is 2. The maximum absolute atomic E-state index is 12.3. The van der Waals surface area contributed by atoms with E-state index in [1.54, 1.807) is 24.3 Å². The molecule has 0 saturated carbocycles. The number of rotatable bonds is 5. The van der Waals surface area contributed by atoms with Gasteiger partial charge >= 0.3 is 12.1 Å². The third kappa shape index (κ3) is 4.49. The van der Waals surface area contributed by atoms with Gasteiger partial charge in [-0.15, -0.1) is 0 Å². The van der Waals surface area contributed by atoms with Gasteiger partial charge in [0.1, 0.15) is 12.2 Å². The summed E-state index contributed by atoms with van der Waals surface area (Å²) in [5.74, 6) is -0.500. The molecule has 152 valence electrons. The smallest absolute Gasteiger partial charge is 0.407 e. The average molecular weight is 398 g/mol. The fourth-order valence-corrected chi connectivity index (χ4v) is 3.45. The van der Waals surface area contributed by atoms with Gasteiger partial charge in [-0.25, -0.2) is 9.59 Å². The van der Waals surface area contributed by atoms with Crippen molar-refractivity contribution in [3.8, 4) is 0 Å². The number of carbonyl (C=O) groups is 2. The highest BCUT2D eigenvalue weighted by Gasteiger charge is 2.51. The largest absolute Gasteiger partial charge is 0.453 e. The van der Waals surface area contributed by atoms with E-state index in [0.29, 0.717) is 17.8 Å². The maximum atomic E-state index is 12.3. The molecule has 29 heavy (non-hydrogen) atoms. The number of esters is 1. The summed E-state index contributed by atoms with van der Waals surface area (Å²) in [6.07, 6.45) is -2.64. The normalized spacial score (nSPS) is 25.2. The Morgan fingerprint density at radius 3 is 2.34 bits per heavy atom. The molecule has 2 fully saturated rings. The first-order chi connectivity index (χ1) is 14.1. The Morgan fingerprint density at radius 2 is 1.66 bits per heavy atom. The molecular weight excluding hydrogens is 376 g/mol. The van der Waals surface area contributed by atoms with Crippen LogP contribution in [0.3, 0.4) is 0 Å². The van der Waals surface area contributed by atoms with Crippen LogP contribution in [0, 0.1) is 0 Å². The highest BCUT2D eigenvalue weighted by atomic mass is 16.7. The summed E-state index contributed by atoms with van der Waals surface area (Å²) < 4.78 is 22.4. The van der Waals surface area contributed by atoms with Crippen molar-refractivity contribution in [3.05, 3.63) is 65.7 Å². The highest BCUT2D eigenvalue weighted by molar-refractivity contribution is 5.90. The van der Waals surface area contributed by atoms with E-state index in [4.69, 9.17) is 24.7 Å². The minimum absolute atomic E-state index is 0.175. The molecule has 2 aliphatic rings. The molecule has 8 nitrogen and oxygen atoms in total. The standard InChI is InChI=1S/C21H22N2O6/c22-15-8-4-7-14(9-15)20(24)28-16-11-26-19-17(12-27-18(16)19)29-21(25)23-10-13-5-2-1-3-6-13/h1-9,16-19H,10-12,22H2,(H,23,25)/t16-,17+,18-,19-/m1/s1. The molecule has 4 atom stereocenters. The van der Waals surface area contributed by atoms with E-state index in [1.165, 1.54) is 0 Å². The highest BCUT2D eigenvalue weighted by Crippen LogP contribution is 2.31. The number of carbonyl (C=O) groups excluding carboxylic acids is 2. The number of fused-ring (bicyclic) bond motifs is 1. The van der Waals surface area contributed by atoms with E-state index in [-0.39, 0.29) is 13.2 Å². The van der Waals surface area contributed by atoms with Crippen molar-refractivity contribution in [2.24, 2.45) is 0 Å². The van der Waals surface area contributed by atoms with Gasteiger partial charge in [0, 0.05) is 12.2 Å². The Kier molecular flexibility index (Phi) is 5.64. The second kappa shape index (κ2) is 8.50. The zero-order valence-corrected chi connectivity index (χ0v) is 15.7. The molecule has 0 spiro atoms. The molecule has 3 N–H and O–H groups in total. The molecule has 2 aromatic carbocycles. The van der Waals surface area contributed by atoms with Gasteiger partial charge in [-0.2, -0.15) is 0 Å². The fraction of sp³-hybridized carbons (Fsp3) is 0.333. The minimum Gasteiger partial charge on any atom is -0.453 e. The van der Waals surface area contributed by atoms with Crippen LogP contribution < -0.4 is 11.1 Å². The summed E-state index contributed by atoms with van der Waals surface area (Å²) >= 11 is 0. The molecule has 1 amide bonds. The second-order valence-corrected chi connectivity index (χ2v) is 6.95. The van der Waals surface area contributed by atoms with Gasteiger partial charge in [0.2, 0.25) is 0 Å². The number of nitrogens with one attached hydrogen (secondary N) is 1. The van der Waals surface area contributed by atoms with Crippen LogP contribution in [0.4, 0.5) is 10.5 Å². The van der Waals surface area contributed by atoms with Crippen molar-refractivity contribution >= 4 is 17.7 Å². The fourth-order valence-electron chi connectivity index (χ4n) is 3.45. The van der Waals surface area contributed by atoms with E-state index < -0.39 is 36.5 Å². The average Bonchev–Trinajstić information content (AvgIpc) is 3.31. The van der Waals surface area contributed by atoms with E-state index in [0.717, 1.165) is 5.56 Å². The van der Waals surface area contributed by atoms with Crippen molar-refractivity contribution in [2.45, 2.75) is 31.0 Å². The van der Waals surface area contributed by atoms with E-state index in [9.17, 15) is 9.59 Å². The zero-order chi connectivity index (χ0) is 20.2. The predicted octanol–water partition coefficient (Wildman–Crippen LogP) is 1.89. The minimum atomic E-state index is -0.574. The van der Waals surface area contributed by atoms with Crippen molar-refractivity contribution in [1.29, 1.82) is 0 Å². The predicted molar refractivity (Wildman–Crippen MR) is 103 cm³/mol. The molecule has 2 aromatic rings. The van der Waals surface area contributed by atoms with Crippen LogP contribution >= 0.6 is 0 Å². The van der Waals surface area contributed by atoms with Crippen LogP contribution in [-0.2, 0) is 25.5 Å². The number of nitrogen functional groups attached to an aromatic ring is 1. The molecule has 2 aliphatic heterocycles. The molecular formula is C21H22N2O6. The number of hydrogen-bond acceptors (Lipinski definition) is 7. The van der Waals surface area contributed by atoms with Gasteiger partial charge in [-0.05, 0) is 23.8 Å². The lowest BCUT2D eigenvalue weighted by molar-refractivity contribution is -0.0231. The molecule has 0 radical (unpaired) electrons. The number of ether oxygens (including phenoxy) is 4. The summed E-state index contributed by atoms with van der Waals surface area (Å²) in [6.45, 7) is 0.720. The SMILES string of the molecule is Nc1cccc(C(=O)O[C@@H]2CO[C@H]3[C@@H]2OC[C@@H]3OC(=O)NCc2ccccc2)c1. The number of alkyl carbamates (subject to hydrolysis) is 1. The first-order valence-corrected chi connectivity index (χ1v) is 9.38. The van der Waals surface area contributed by atoms with Crippen LogP contribution in [0.2, 0.25) is 0 Å². The summed E-state index contributed by atoms with van der Waals surface area (Å²) in [6, 6.07) is 16.1. The third-order valence-electron chi connectivity index (χ3n) is 4.88. The number of amides is 1. The molecule has 0 aromatic heterocycles. The Balaban J connectivity index is 1.28. The molecule has 0 bridgehead atoms. The van der Waals surface area contributed by atoms with E-state index in [1.807, 2.05) is 30.3 Å². The van der Waals surface area contributed by atoms with E-state index in [2.05, 4.69) is 5.32 Å². The lowest BCUT2D eigenvalue weighted by Gasteiger charge is -2.17. The lowest BCUT2D eigenvalue weighted by Crippen LogP contribution is -2.38. The van der Waals surface area contributed by atoms with Crippen LogP contribution in [-0.4, -0.2) is 49.7 Å². The second-order valence-electron chi connectivity index (χ2n) is 6.95. The van der Waals surface area contributed by atoms with Gasteiger partial charge in [0.05, 0.1) is 18.8 Å². The first-order valence-electron chi connectivity index (χ1n) is 9.38. The van der Waals surface area contributed by atoms with Crippen molar-refractivity contribution in [3.63, 3.8) is 0 Å².